The van der Waals surface area contributed by atoms with Gasteiger partial charge in [0.15, 0.2) is 0 Å². The average Bonchev–Trinajstić information content (AvgIpc) is 2.87. The number of nitrogens with zero attached hydrogens (tertiary/aromatic N) is 2. The van der Waals surface area contributed by atoms with Gasteiger partial charge < -0.3 is 19.5 Å². The monoisotopic (exact) mass is 343 g/mol. The first-order chi connectivity index (χ1) is 12.0. The molecule has 2 amide bonds. The number of nitrogens with one attached hydrogen (secondary N) is 1. The molecule has 0 radical (unpaired) electrons. The van der Waals surface area contributed by atoms with Gasteiger partial charge >= 0.3 is 6.09 Å². The maximum Gasteiger partial charge on any atom is 0.409 e. The topological polar surface area (TPSA) is 63.6 Å². The number of carbonyl (C=O) groups excluding carboxylic acids is 2. The van der Waals surface area contributed by atoms with E-state index in [1.807, 2.05) is 42.8 Å². The molecule has 0 bridgehead atoms. The summed E-state index contributed by atoms with van der Waals surface area (Å²) in [6, 6.07) is 8.03. The molecular weight excluding hydrogens is 318 g/mol. The predicted molar refractivity (Wildman–Crippen MR) is 96.7 cm³/mol. The molecule has 6 nitrogen and oxygen atoms in total. The number of carbonyl (C=O) groups is 2. The van der Waals surface area contributed by atoms with Crippen molar-refractivity contribution >= 4 is 22.9 Å². The molecule has 0 aliphatic carbocycles. The van der Waals surface area contributed by atoms with E-state index in [9.17, 15) is 9.59 Å². The molecule has 1 fully saturated rings. The molecule has 1 aliphatic rings. The van der Waals surface area contributed by atoms with Gasteiger partial charge in [-0.05, 0) is 32.8 Å². The number of ether oxygens (including phenoxy) is 1. The van der Waals surface area contributed by atoms with Gasteiger partial charge in [0.2, 0.25) is 0 Å². The summed E-state index contributed by atoms with van der Waals surface area (Å²) < 4.78 is 7.08. The fourth-order valence-electron chi connectivity index (χ4n) is 3.49. The minimum Gasteiger partial charge on any atom is -0.450 e. The molecule has 134 valence electrons. The van der Waals surface area contributed by atoms with E-state index in [-0.39, 0.29) is 18.0 Å². The number of hydrogen-bond acceptors (Lipinski definition) is 3. The second-order valence-corrected chi connectivity index (χ2v) is 6.47. The Kier molecular flexibility index (Phi) is 4.97. The van der Waals surface area contributed by atoms with E-state index in [1.165, 1.54) is 0 Å². The molecule has 25 heavy (non-hydrogen) atoms. The lowest BCUT2D eigenvalue weighted by Gasteiger charge is -2.31. The van der Waals surface area contributed by atoms with Crippen molar-refractivity contribution in [3.05, 3.63) is 35.5 Å². The van der Waals surface area contributed by atoms with Crippen LogP contribution in [0.4, 0.5) is 4.79 Å². The summed E-state index contributed by atoms with van der Waals surface area (Å²) in [6.07, 6.45) is 1.22. The minimum absolute atomic E-state index is 0.0381. The summed E-state index contributed by atoms with van der Waals surface area (Å²) >= 11 is 0. The van der Waals surface area contributed by atoms with Gasteiger partial charge in [-0.25, -0.2) is 4.79 Å². The number of amides is 2. The molecule has 3 rings (SSSR count). The van der Waals surface area contributed by atoms with Crippen LogP contribution in [0.2, 0.25) is 0 Å². The van der Waals surface area contributed by atoms with Crippen LogP contribution in [0.5, 0.6) is 0 Å². The number of aromatic nitrogens is 1. The second kappa shape index (κ2) is 7.17. The van der Waals surface area contributed by atoms with Crippen molar-refractivity contribution in [1.29, 1.82) is 0 Å². The van der Waals surface area contributed by atoms with Crippen molar-refractivity contribution in [2.75, 3.05) is 19.7 Å². The van der Waals surface area contributed by atoms with E-state index < -0.39 is 0 Å². The molecule has 1 aromatic carbocycles. The lowest BCUT2D eigenvalue weighted by Crippen LogP contribution is -2.46. The Hall–Kier alpha value is -2.50. The maximum absolute atomic E-state index is 12.8. The Balaban J connectivity index is 1.68. The van der Waals surface area contributed by atoms with Crippen LogP contribution in [0.25, 0.3) is 10.9 Å². The third kappa shape index (κ3) is 3.34. The highest BCUT2D eigenvalue weighted by atomic mass is 16.6. The molecule has 0 spiro atoms. The van der Waals surface area contributed by atoms with Crippen LogP contribution in [-0.4, -0.2) is 47.2 Å². The quantitative estimate of drug-likeness (QED) is 0.932. The lowest BCUT2D eigenvalue weighted by molar-refractivity contribution is 0.0860. The zero-order chi connectivity index (χ0) is 18.0. The van der Waals surface area contributed by atoms with Gasteiger partial charge in [0.05, 0.1) is 12.2 Å². The maximum atomic E-state index is 12.8. The van der Waals surface area contributed by atoms with E-state index in [1.54, 1.807) is 11.8 Å². The summed E-state index contributed by atoms with van der Waals surface area (Å²) in [6.45, 7) is 5.38. The number of likely N-dealkylation sites (tertiary alicyclic amines) is 1. The second-order valence-electron chi connectivity index (χ2n) is 6.47. The Morgan fingerprint density at radius 1 is 1.24 bits per heavy atom. The number of benzene rings is 1. The number of piperidine rings is 1. The van der Waals surface area contributed by atoms with Crippen molar-refractivity contribution in [1.82, 2.24) is 14.8 Å². The van der Waals surface area contributed by atoms with Crippen molar-refractivity contribution in [3.8, 4) is 0 Å². The van der Waals surface area contributed by atoms with E-state index >= 15 is 0 Å². The highest BCUT2D eigenvalue weighted by Gasteiger charge is 2.26. The lowest BCUT2D eigenvalue weighted by atomic mass is 10.0. The highest BCUT2D eigenvalue weighted by Crippen LogP contribution is 2.25. The summed E-state index contributed by atoms with van der Waals surface area (Å²) in [7, 11) is 1.98. The van der Waals surface area contributed by atoms with E-state index in [0.29, 0.717) is 19.7 Å². The van der Waals surface area contributed by atoms with Crippen molar-refractivity contribution in [2.45, 2.75) is 32.7 Å². The van der Waals surface area contributed by atoms with Gasteiger partial charge in [-0.2, -0.15) is 0 Å². The number of aryl methyl sites for hydroxylation is 1. The van der Waals surface area contributed by atoms with Gasteiger partial charge in [-0.1, -0.05) is 18.2 Å². The van der Waals surface area contributed by atoms with Crippen molar-refractivity contribution in [3.63, 3.8) is 0 Å². The zero-order valence-electron chi connectivity index (χ0n) is 15.0. The summed E-state index contributed by atoms with van der Waals surface area (Å²) in [4.78, 5) is 26.3. The van der Waals surface area contributed by atoms with Crippen LogP contribution < -0.4 is 5.32 Å². The average molecular weight is 343 g/mol. The normalized spacial score (nSPS) is 15.4. The Morgan fingerprint density at radius 3 is 2.60 bits per heavy atom. The van der Waals surface area contributed by atoms with Crippen LogP contribution in [-0.2, 0) is 11.8 Å². The third-order valence-corrected chi connectivity index (χ3v) is 4.98. The van der Waals surface area contributed by atoms with Crippen LogP contribution in [0, 0.1) is 6.92 Å². The SMILES string of the molecule is CCOC(=O)N1CCC(NC(=O)c2c(C)n(C)c3ccccc23)CC1. The number of para-hydroxylation sites is 1. The smallest absolute Gasteiger partial charge is 0.409 e. The van der Waals surface area contributed by atoms with Crippen LogP contribution >= 0.6 is 0 Å². The summed E-state index contributed by atoms with van der Waals surface area (Å²) in [5.41, 5.74) is 2.76. The first kappa shape index (κ1) is 17.3. The Labute approximate surface area is 147 Å². The molecule has 2 heterocycles. The van der Waals surface area contributed by atoms with E-state index in [2.05, 4.69) is 5.32 Å². The van der Waals surface area contributed by atoms with Crippen molar-refractivity contribution in [2.24, 2.45) is 7.05 Å². The van der Waals surface area contributed by atoms with Crippen molar-refractivity contribution < 1.29 is 14.3 Å². The van der Waals surface area contributed by atoms with Crippen LogP contribution in [0.3, 0.4) is 0 Å². The Morgan fingerprint density at radius 2 is 1.92 bits per heavy atom. The van der Waals surface area contributed by atoms with E-state index in [4.69, 9.17) is 4.74 Å². The zero-order valence-corrected chi connectivity index (χ0v) is 15.0. The molecule has 1 aliphatic heterocycles. The summed E-state index contributed by atoms with van der Waals surface area (Å²) in [5.74, 6) is -0.0381. The first-order valence-electron chi connectivity index (χ1n) is 8.79. The van der Waals surface area contributed by atoms with Crippen LogP contribution in [0.15, 0.2) is 24.3 Å². The molecule has 1 saturated heterocycles. The van der Waals surface area contributed by atoms with E-state index in [0.717, 1.165) is 35.0 Å². The molecular formula is C19H25N3O3. The standard InChI is InChI=1S/C19H25N3O3/c1-4-25-19(24)22-11-9-14(10-12-22)20-18(23)17-13(2)21(3)16-8-6-5-7-15(16)17/h5-8,14H,4,9-12H2,1-3H3,(H,20,23). The molecule has 1 aromatic heterocycles. The largest absolute Gasteiger partial charge is 0.450 e. The first-order valence-corrected chi connectivity index (χ1v) is 8.79. The predicted octanol–water partition coefficient (Wildman–Crippen LogP) is 2.84. The minimum atomic E-state index is -0.267. The molecule has 6 heteroatoms. The summed E-state index contributed by atoms with van der Waals surface area (Å²) in [5, 5.41) is 4.12. The van der Waals surface area contributed by atoms with Crippen LogP contribution in [0.1, 0.15) is 35.8 Å². The molecule has 0 atom stereocenters. The van der Waals surface area contributed by atoms with Gasteiger partial charge in [0, 0.05) is 42.8 Å². The molecule has 2 aromatic rings. The fourth-order valence-corrected chi connectivity index (χ4v) is 3.49. The fraction of sp³-hybridized carbons (Fsp3) is 0.474. The molecule has 0 saturated carbocycles. The van der Waals surface area contributed by atoms with Gasteiger partial charge in [0.1, 0.15) is 0 Å². The van der Waals surface area contributed by atoms with Gasteiger partial charge in [-0.15, -0.1) is 0 Å². The van der Waals surface area contributed by atoms with Gasteiger partial charge in [0.25, 0.3) is 5.91 Å². The molecule has 0 unspecified atom stereocenters. The molecule has 1 N–H and O–H groups in total. The number of hydrogen-bond donors (Lipinski definition) is 1. The highest BCUT2D eigenvalue weighted by molar-refractivity contribution is 6.08. The van der Waals surface area contributed by atoms with Gasteiger partial charge in [-0.3, -0.25) is 4.79 Å². The number of rotatable bonds is 3. The Bertz CT molecular complexity index is 789. The third-order valence-electron chi connectivity index (χ3n) is 4.98. The number of fused-ring (bicyclic) bond motifs is 1.